The molecule has 3 N–H and O–H groups in total. The van der Waals surface area contributed by atoms with Crippen LogP contribution in [-0.2, 0) is 0 Å². The molecule has 5 nitrogen and oxygen atoms in total. The molecule has 0 amide bonds. The van der Waals surface area contributed by atoms with Crippen LogP contribution in [0.2, 0.25) is 0 Å². The highest BCUT2D eigenvalue weighted by molar-refractivity contribution is 5.94. The van der Waals surface area contributed by atoms with Crippen molar-refractivity contribution in [3.05, 3.63) is 169 Å². The van der Waals surface area contributed by atoms with Gasteiger partial charge in [-0.1, -0.05) is 141 Å². The van der Waals surface area contributed by atoms with Gasteiger partial charge in [0.15, 0.2) is 5.82 Å². The molecule has 0 radical (unpaired) electrons. The Morgan fingerprint density at radius 2 is 1.31 bits per heavy atom. The molecule has 0 spiro atoms. The van der Waals surface area contributed by atoms with Gasteiger partial charge in [-0.3, -0.25) is 0 Å². The number of para-hydroxylation sites is 3. The summed E-state index contributed by atoms with van der Waals surface area (Å²) in [7, 11) is 0. The number of fused-ring (bicyclic) bond motifs is 2. The fourth-order valence-corrected chi connectivity index (χ4v) is 11.0. The third-order valence-corrected chi connectivity index (χ3v) is 13.7. The van der Waals surface area contributed by atoms with Gasteiger partial charge in [-0.25, -0.2) is 9.97 Å². The molecule has 0 saturated heterocycles. The van der Waals surface area contributed by atoms with E-state index in [0.717, 1.165) is 80.2 Å². The van der Waals surface area contributed by atoms with E-state index >= 15 is 0 Å². The molecule has 4 aliphatic rings. The molecule has 2 saturated carbocycles. The summed E-state index contributed by atoms with van der Waals surface area (Å²) in [6, 6.07) is 54.0. The summed E-state index contributed by atoms with van der Waals surface area (Å²) in [6.45, 7) is 4.63. The van der Waals surface area contributed by atoms with Crippen LogP contribution in [0.25, 0.3) is 56.2 Å². The predicted octanol–water partition coefficient (Wildman–Crippen LogP) is 13.4. The Morgan fingerprint density at radius 3 is 2.08 bits per heavy atom. The van der Waals surface area contributed by atoms with Crippen molar-refractivity contribution in [1.82, 2.24) is 9.97 Å². The van der Waals surface area contributed by atoms with Gasteiger partial charge in [0, 0.05) is 33.9 Å². The van der Waals surface area contributed by atoms with Crippen molar-refractivity contribution in [3.63, 3.8) is 0 Å². The summed E-state index contributed by atoms with van der Waals surface area (Å²) in [5.74, 6) is 4.39. The van der Waals surface area contributed by atoms with Gasteiger partial charge in [-0.15, -0.1) is 0 Å². The largest absolute Gasteiger partial charge is 0.398 e. The zero-order valence-electron chi connectivity index (χ0n) is 33.7. The highest BCUT2D eigenvalue weighted by atomic mass is 15.3. The standard InChI is InChI=1S/C54H49N5/c1-3-51-56-47-18-9-10-19-50(47)59(51)39-26-24-35(25-27-39)40-14-7-8-15-41(40)42-16-11-17-43(53(42)55)54-57-48(36-12-5-4-6-13-36)32-49(58-54)37-20-22-38(23-21-37)52-45-29-33(2)28-34-30-44(45)46(52)31-34/h4-27,29,32-34,44,46,51-52,56H,3,28,30-31,55H2,1-2H3. The van der Waals surface area contributed by atoms with E-state index in [1.54, 1.807) is 5.57 Å². The van der Waals surface area contributed by atoms with Gasteiger partial charge >= 0.3 is 0 Å². The Labute approximate surface area is 347 Å². The zero-order chi connectivity index (χ0) is 39.6. The number of nitrogens with one attached hydrogen (secondary N) is 1. The maximum Gasteiger partial charge on any atom is 0.162 e. The molecule has 2 heterocycles. The number of hydrogen-bond acceptors (Lipinski definition) is 5. The lowest BCUT2D eigenvalue weighted by Crippen LogP contribution is -2.34. The third kappa shape index (κ3) is 6.14. The van der Waals surface area contributed by atoms with Crippen LogP contribution in [-0.4, -0.2) is 16.1 Å². The zero-order valence-corrected chi connectivity index (χ0v) is 33.7. The Bertz CT molecular complexity index is 2720. The molecule has 11 rings (SSSR count). The lowest BCUT2D eigenvalue weighted by molar-refractivity contribution is 0.266. The normalized spacial score (nSPS) is 22.5. The fraction of sp³-hybridized carbons (Fsp3) is 0.222. The van der Waals surface area contributed by atoms with Gasteiger partial charge in [0.2, 0.25) is 0 Å². The lowest BCUT2D eigenvalue weighted by atomic mass is 9.59. The number of allylic oxidation sites excluding steroid dienone is 2. The van der Waals surface area contributed by atoms with E-state index in [4.69, 9.17) is 15.7 Å². The van der Waals surface area contributed by atoms with Crippen molar-refractivity contribution in [1.29, 1.82) is 0 Å². The molecule has 7 aromatic rings. The van der Waals surface area contributed by atoms with Gasteiger partial charge in [-0.2, -0.15) is 0 Å². The Morgan fingerprint density at radius 1 is 0.644 bits per heavy atom. The molecule has 6 atom stereocenters. The Kier molecular flexibility index (Phi) is 8.72. The minimum Gasteiger partial charge on any atom is -0.398 e. The van der Waals surface area contributed by atoms with E-state index < -0.39 is 0 Å². The molecule has 3 aliphatic carbocycles. The molecule has 1 aliphatic heterocycles. The van der Waals surface area contributed by atoms with Gasteiger partial charge < -0.3 is 16.0 Å². The second-order valence-electron chi connectivity index (χ2n) is 17.2. The van der Waals surface area contributed by atoms with Crippen LogP contribution in [0, 0.1) is 23.7 Å². The highest BCUT2D eigenvalue weighted by Gasteiger charge is 2.53. The topological polar surface area (TPSA) is 67.1 Å². The van der Waals surface area contributed by atoms with Crippen molar-refractivity contribution >= 4 is 22.7 Å². The van der Waals surface area contributed by atoms with Gasteiger partial charge in [0.1, 0.15) is 6.17 Å². The van der Waals surface area contributed by atoms with Crippen molar-refractivity contribution in [2.75, 3.05) is 16.0 Å². The first kappa shape index (κ1) is 35.7. The summed E-state index contributed by atoms with van der Waals surface area (Å²) in [6.07, 6.45) is 7.96. The molecule has 2 fully saturated rings. The summed E-state index contributed by atoms with van der Waals surface area (Å²) in [5.41, 5.74) is 23.6. The summed E-state index contributed by atoms with van der Waals surface area (Å²) in [4.78, 5) is 12.9. The van der Waals surface area contributed by atoms with E-state index in [0.29, 0.717) is 23.3 Å². The maximum absolute atomic E-state index is 7.22. The highest BCUT2D eigenvalue weighted by Crippen LogP contribution is 2.64. The van der Waals surface area contributed by atoms with Crippen LogP contribution in [0.5, 0.6) is 0 Å². The van der Waals surface area contributed by atoms with Gasteiger partial charge in [-0.05, 0) is 108 Å². The number of nitrogen functional groups attached to an aromatic ring is 1. The number of aromatic nitrogens is 2. The first-order valence-corrected chi connectivity index (χ1v) is 21.5. The smallest absolute Gasteiger partial charge is 0.162 e. The molecule has 6 aromatic carbocycles. The summed E-state index contributed by atoms with van der Waals surface area (Å²) in [5, 5.41) is 3.68. The molecule has 1 aromatic heterocycles. The number of benzene rings is 6. The fourth-order valence-electron chi connectivity index (χ4n) is 11.0. The second-order valence-corrected chi connectivity index (χ2v) is 17.2. The van der Waals surface area contributed by atoms with Crippen LogP contribution in [0.4, 0.5) is 22.7 Å². The quantitative estimate of drug-likeness (QED) is 0.119. The predicted molar refractivity (Wildman–Crippen MR) is 244 cm³/mol. The van der Waals surface area contributed by atoms with E-state index in [1.807, 2.05) is 6.07 Å². The van der Waals surface area contributed by atoms with E-state index in [1.165, 1.54) is 36.2 Å². The van der Waals surface area contributed by atoms with Crippen LogP contribution >= 0.6 is 0 Å². The Hall–Kier alpha value is -6.46. The van der Waals surface area contributed by atoms with Crippen LogP contribution < -0.4 is 16.0 Å². The Balaban J connectivity index is 0.944. The van der Waals surface area contributed by atoms with Crippen molar-refractivity contribution in [3.8, 4) is 56.2 Å². The molecule has 5 heteroatoms. The maximum atomic E-state index is 7.22. The minimum absolute atomic E-state index is 0.212. The monoisotopic (exact) mass is 767 g/mol. The summed E-state index contributed by atoms with van der Waals surface area (Å²) < 4.78 is 0. The van der Waals surface area contributed by atoms with Crippen LogP contribution in [0.1, 0.15) is 51.0 Å². The average Bonchev–Trinajstić information content (AvgIpc) is 3.80. The molecular formula is C54H49N5. The number of nitrogens with zero attached hydrogens (tertiary/aromatic N) is 3. The molecule has 290 valence electrons. The lowest BCUT2D eigenvalue weighted by Gasteiger charge is -2.45. The van der Waals surface area contributed by atoms with Crippen LogP contribution in [0.15, 0.2) is 163 Å². The first-order chi connectivity index (χ1) is 29.0. The van der Waals surface area contributed by atoms with E-state index in [9.17, 15) is 0 Å². The molecule has 6 unspecified atom stereocenters. The summed E-state index contributed by atoms with van der Waals surface area (Å²) >= 11 is 0. The number of hydrogen-bond donors (Lipinski definition) is 2. The van der Waals surface area contributed by atoms with Crippen molar-refractivity contribution in [2.45, 2.75) is 51.6 Å². The van der Waals surface area contributed by atoms with Gasteiger partial charge in [0.05, 0.1) is 28.5 Å². The molecular weight excluding hydrogens is 719 g/mol. The van der Waals surface area contributed by atoms with Crippen molar-refractivity contribution in [2.24, 2.45) is 23.7 Å². The second kappa shape index (κ2) is 14.4. The SMILES string of the molecule is CCC1Nc2ccccc2N1c1ccc(-c2ccccc2-c2cccc(-c3nc(-c4ccccc4)cc(-c4ccc(C5C6=CC(C)CC7CC6C5C7)cc4)n3)c2N)cc1. The van der Waals surface area contributed by atoms with E-state index in [-0.39, 0.29) is 6.17 Å². The third-order valence-electron chi connectivity index (χ3n) is 13.7. The first-order valence-electron chi connectivity index (χ1n) is 21.5. The van der Waals surface area contributed by atoms with Gasteiger partial charge in [0.25, 0.3) is 0 Å². The molecule has 59 heavy (non-hydrogen) atoms. The van der Waals surface area contributed by atoms with Crippen molar-refractivity contribution < 1.29 is 0 Å². The number of anilines is 4. The number of rotatable bonds is 8. The minimum atomic E-state index is 0.212. The average molecular weight is 768 g/mol. The van der Waals surface area contributed by atoms with Crippen LogP contribution in [0.3, 0.4) is 0 Å². The number of nitrogens with two attached hydrogens (primary N) is 1. The molecule has 2 bridgehead atoms. The van der Waals surface area contributed by atoms with E-state index in [2.05, 4.69) is 176 Å².